The van der Waals surface area contributed by atoms with Gasteiger partial charge in [-0.1, -0.05) is 58.4 Å². The number of unbranched alkanes of at least 4 members (excludes halogenated alkanes) is 1. The van der Waals surface area contributed by atoms with Gasteiger partial charge in [-0.25, -0.2) is 0 Å². The summed E-state index contributed by atoms with van der Waals surface area (Å²) in [5.74, 6) is 1.87. The average molecular weight is 414 g/mol. The zero-order valence-corrected chi connectivity index (χ0v) is 19.7. The molecule has 2 heteroatoms. The van der Waals surface area contributed by atoms with Crippen LogP contribution in [0, 0.1) is 6.92 Å². The number of hydrogen-bond donors (Lipinski definition) is 0. The van der Waals surface area contributed by atoms with Crippen LogP contribution in [0.5, 0.6) is 11.5 Å². The Labute approximate surface area is 187 Å². The smallest absolute Gasteiger partial charge is 0.151 e. The van der Waals surface area contributed by atoms with Crippen molar-refractivity contribution in [2.75, 3.05) is 4.90 Å². The fourth-order valence-electron chi connectivity index (χ4n) is 4.42. The van der Waals surface area contributed by atoms with E-state index in [2.05, 4.69) is 100 Å². The Bertz CT molecular complexity index is 1050. The van der Waals surface area contributed by atoms with E-state index >= 15 is 0 Å². The van der Waals surface area contributed by atoms with Crippen molar-refractivity contribution in [2.24, 2.45) is 0 Å². The molecule has 3 aromatic carbocycles. The number of anilines is 3. The second-order valence-corrected chi connectivity index (χ2v) is 9.13. The Morgan fingerprint density at radius 3 is 2.10 bits per heavy atom. The summed E-state index contributed by atoms with van der Waals surface area (Å²) in [7, 11) is 0. The topological polar surface area (TPSA) is 12.5 Å². The first-order valence-corrected chi connectivity index (χ1v) is 11.8. The third kappa shape index (κ3) is 4.08. The van der Waals surface area contributed by atoms with Crippen molar-refractivity contribution < 1.29 is 4.74 Å². The minimum absolute atomic E-state index is 0.164. The van der Waals surface area contributed by atoms with Gasteiger partial charge in [0.25, 0.3) is 0 Å². The molecule has 162 valence electrons. The number of benzene rings is 3. The molecule has 0 N–H and O–H groups in total. The molecule has 4 rings (SSSR count). The summed E-state index contributed by atoms with van der Waals surface area (Å²) in [6.07, 6.45) is 5.82. The average Bonchev–Trinajstić information content (AvgIpc) is 2.80. The summed E-state index contributed by atoms with van der Waals surface area (Å²) in [4.78, 5) is 2.34. The minimum atomic E-state index is 0.164. The van der Waals surface area contributed by atoms with Crippen LogP contribution in [0.3, 0.4) is 0 Å². The molecule has 1 aliphatic rings. The Morgan fingerprint density at radius 2 is 1.45 bits per heavy atom. The van der Waals surface area contributed by atoms with Crippen LogP contribution in [-0.2, 0) is 11.8 Å². The van der Waals surface area contributed by atoms with Gasteiger partial charge in [-0.3, -0.25) is 0 Å². The molecule has 0 radical (unpaired) electrons. The molecule has 0 fully saturated rings. The predicted molar refractivity (Wildman–Crippen MR) is 132 cm³/mol. The Hall–Kier alpha value is -2.74. The van der Waals surface area contributed by atoms with Crippen LogP contribution in [0.4, 0.5) is 17.1 Å². The van der Waals surface area contributed by atoms with Gasteiger partial charge in [0.1, 0.15) is 0 Å². The molecular formula is C29H35NO. The van der Waals surface area contributed by atoms with Crippen LogP contribution in [0.2, 0.25) is 0 Å². The summed E-state index contributed by atoms with van der Waals surface area (Å²) >= 11 is 0. The molecule has 0 amide bonds. The van der Waals surface area contributed by atoms with E-state index in [1.54, 1.807) is 0 Å². The van der Waals surface area contributed by atoms with E-state index in [1.165, 1.54) is 35.2 Å². The van der Waals surface area contributed by atoms with Crippen molar-refractivity contribution in [3.63, 3.8) is 0 Å². The Kier molecular flexibility index (Phi) is 6.09. The van der Waals surface area contributed by atoms with Gasteiger partial charge in [-0.15, -0.1) is 0 Å². The van der Waals surface area contributed by atoms with Gasteiger partial charge in [0.05, 0.1) is 11.4 Å². The van der Waals surface area contributed by atoms with Crippen molar-refractivity contribution in [3.05, 3.63) is 77.4 Å². The lowest BCUT2D eigenvalue weighted by atomic mass is 9.77. The fourth-order valence-corrected chi connectivity index (χ4v) is 4.42. The predicted octanol–water partition coefficient (Wildman–Crippen LogP) is 8.99. The molecule has 31 heavy (non-hydrogen) atoms. The largest absolute Gasteiger partial charge is 0.453 e. The van der Waals surface area contributed by atoms with Crippen LogP contribution in [-0.4, -0.2) is 0 Å². The number of ether oxygens (including phenoxy) is 1. The van der Waals surface area contributed by atoms with E-state index in [0.717, 1.165) is 42.1 Å². The first kappa shape index (κ1) is 21.5. The third-order valence-electron chi connectivity index (χ3n) is 7.05. The van der Waals surface area contributed by atoms with E-state index in [-0.39, 0.29) is 5.41 Å². The first-order chi connectivity index (χ1) is 15.0. The molecule has 0 aromatic heterocycles. The summed E-state index contributed by atoms with van der Waals surface area (Å²) in [5, 5.41) is 0. The lowest BCUT2D eigenvalue weighted by Gasteiger charge is -2.35. The van der Waals surface area contributed by atoms with Crippen molar-refractivity contribution in [2.45, 2.75) is 72.1 Å². The van der Waals surface area contributed by atoms with Gasteiger partial charge in [-0.2, -0.15) is 0 Å². The van der Waals surface area contributed by atoms with Gasteiger partial charge < -0.3 is 9.64 Å². The van der Waals surface area contributed by atoms with Gasteiger partial charge in [0, 0.05) is 5.69 Å². The number of aryl methyl sites for hydroxylation is 2. The van der Waals surface area contributed by atoms with Crippen LogP contribution < -0.4 is 9.64 Å². The molecule has 0 spiro atoms. The van der Waals surface area contributed by atoms with Crippen LogP contribution in [0.15, 0.2) is 60.7 Å². The van der Waals surface area contributed by atoms with Crippen LogP contribution in [0.25, 0.3) is 0 Å². The first-order valence-electron chi connectivity index (χ1n) is 11.8. The Balaban J connectivity index is 1.80. The summed E-state index contributed by atoms with van der Waals surface area (Å²) in [6, 6.07) is 22.3. The van der Waals surface area contributed by atoms with E-state index in [1.807, 2.05) is 0 Å². The summed E-state index contributed by atoms with van der Waals surface area (Å²) in [6.45, 7) is 11.3. The molecule has 3 aromatic rings. The third-order valence-corrected chi connectivity index (χ3v) is 7.05. The highest BCUT2D eigenvalue weighted by Crippen LogP contribution is 2.51. The molecule has 0 unspecified atom stereocenters. The van der Waals surface area contributed by atoms with Crippen molar-refractivity contribution in [1.82, 2.24) is 0 Å². The molecule has 2 nitrogen and oxygen atoms in total. The highest BCUT2D eigenvalue weighted by molar-refractivity contribution is 5.86. The van der Waals surface area contributed by atoms with E-state index < -0.39 is 0 Å². The molecule has 1 heterocycles. The molecule has 1 aliphatic heterocycles. The summed E-state index contributed by atoms with van der Waals surface area (Å²) < 4.78 is 6.47. The second-order valence-electron chi connectivity index (χ2n) is 9.13. The fraction of sp³-hybridized carbons (Fsp3) is 0.379. The maximum Gasteiger partial charge on any atom is 0.151 e. The highest BCUT2D eigenvalue weighted by atomic mass is 16.5. The van der Waals surface area contributed by atoms with Crippen molar-refractivity contribution in [1.29, 1.82) is 0 Å². The summed E-state index contributed by atoms with van der Waals surface area (Å²) in [5.41, 5.74) is 7.51. The molecule has 0 bridgehead atoms. The zero-order chi connectivity index (χ0) is 22.0. The molecule has 0 atom stereocenters. The standard InChI is InChI=1S/C29H35NO/c1-6-9-10-22-12-15-24(16-13-22)30-25-17-11-21(4)19-27(25)31-28-20-23(14-18-26(28)30)29(5,7-2)8-3/h11-20H,6-10H2,1-5H3. The molecule has 0 saturated carbocycles. The normalized spacial score (nSPS) is 12.9. The molecule has 0 aliphatic carbocycles. The lowest BCUT2D eigenvalue weighted by molar-refractivity contribution is 0.431. The number of hydrogen-bond acceptors (Lipinski definition) is 2. The van der Waals surface area contributed by atoms with Crippen LogP contribution >= 0.6 is 0 Å². The Morgan fingerprint density at radius 1 is 0.806 bits per heavy atom. The SMILES string of the molecule is CCCCc1ccc(N2c3ccc(C)cc3Oc3cc(C(C)(CC)CC)ccc32)cc1. The molecular weight excluding hydrogens is 378 g/mol. The number of rotatable bonds is 7. The lowest BCUT2D eigenvalue weighted by Crippen LogP contribution is -2.21. The van der Waals surface area contributed by atoms with Crippen molar-refractivity contribution >= 4 is 17.1 Å². The van der Waals surface area contributed by atoms with E-state index in [4.69, 9.17) is 4.74 Å². The van der Waals surface area contributed by atoms with E-state index in [9.17, 15) is 0 Å². The minimum Gasteiger partial charge on any atom is -0.453 e. The van der Waals surface area contributed by atoms with Gasteiger partial charge in [0.15, 0.2) is 11.5 Å². The van der Waals surface area contributed by atoms with Crippen LogP contribution in [0.1, 0.15) is 70.1 Å². The monoisotopic (exact) mass is 413 g/mol. The quantitative estimate of drug-likeness (QED) is 0.300. The maximum atomic E-state index is 6.47. The zero-order valence-electron chi connectivity index (χ0n) is 19.7. The van der Waals surface area contributed by atoms with E-state index in [0.29, 0.717) is 0 Å². The van der Waals surface area contributed by atoms with Gasteiger partial charge in [-0.05, 0) is 91.1 Å². The molecule has 0 saturated heterocycles. The second kappa shape index (κ2) is 8.78. The van der Waals surface area contributed by atoms with Crippen molar-refractivity contribution in [3.8, 4) is 11.5 Å². The number of nitrogens with zero attached hydrogens (tertiary/aromatic N) is 1. The number of fused-ring (bicyclic) bond motifs is 2. The maximum absolute atomic E-state index is 6.47. The highest BCUT2D eigenvalue weighted by Gasteiger charge is 2.29. The van der Waals surface area contributed by atoms with Gasteiger partial charge >= 0.3 is 0 Å². The van der Waals surface area contributed by atoms with Gasteiger partial charge in [0.2, 0.25) is 0 Å².